The van der Waals surface area contributed by atoms with E-state index in [9.17, 15) is 17.2 Å². The van der Waals surface area contributed by atoms with Crippen molar-refractivity contribution in [2.75, 3.05) is 26.1 Å². The highest BCUT2D eigenvalue weighted by Crippen LogP contribution is 2.53. The maximum atomic E-state index is 14.0. The highest BCUT2D eigenvalue weighted by Gasteiger charge is 2.57. The van der Waals surface area contributed by atoms with Crippen LogP contribution in [0.5, 0.6) is 11.8 Å². The SMILES string of the molecule is COc1ncnc(OC)c1-n1c(NS(=O)(=O)[C@@H](C)[C@H](OC)c2ncc(Cl)cn2)nnc1C1(C)CC(F)(F)C1. The molecule has 206 valence electrons. The van der Waals surface area contributed by atoms with Crippen molar-refractivity contribution < 1.29 is 31.4 Å². The lowest BCUT2D eigenvalue weighted by Gasteiger charge is -2.43. The van der Waals surface area contributed by atoms with Crippen LogP contribution >= 0.6 is 11.6 Å². The summed E-state index contributed by atoms with van der Waals surface area (Å²) in [6.45, 7) is 2.96. The van der Waals surface area contributed by atoms with Gasteiger partial charge in [0.2, 0.25) is 33.7 Å². The fourth-order valence-corrected chi connectivity index (χ4v) is 5.63. The number of methoxy groups -OCH3 is 3. The number of halogens is 3. The van der Waals surface area contributed by atoms with E-state index in [2.05, 4.69) is 34.9 Å². The summed E-state index contributed by atoms with van der Waals surface area (Å²) in [7, 11) is -0.311. The maximum absolute atomic E-state index is 14.0. The summed E-state index contributed by atoms with van der Waals surface area (Å²) in [6.07, 6.45) is 1.65. The molecular formula is C21H25ClF2N8O5S. The third kappa shape index (κ3) is 5.07. The number of nitrogens with one attached hydrogen (secondary N) is 1. The van der Waals surface area contributed by atoms with E-state index in [0.29, 0.717) is 0 Å². The van der Waals surface area contributed by atoms with Crippen LogP contribution in [0.3, 0.4) is 0 Å². The van der Waals surface area contributed by atoms with Crippen molar-refractivity contribution in [2.24, 2.45) is 0 Å². The topological polar surface area (TPSA) is 156 Å². The quantitative estimate of drug-likeness (QED) is 0.380. The summed E-state index contributed by atoms with van der Waals surface area (Å²) in [4.78, 5) is 16.2. The van der Waals surface area contributed by atoms with E-state index in [4.69, 9.17) is 25.8 Å². The summed E-state index contributed by atoms with van der Waals surface area (Å²) in [5.74, 6) is -3.14. The van der Waals surface area contributed by atoms with Crippen LogP contribution < -0.4 is 14.2 Å². The van der Waals surface area contributed by atoms with Crippen molar-refractivity contribution in [1.29, 1.82) is 0 Å². The van der Waals surface area contributed by atoms with Crippen LogP contribution in [0.1, 0.15) is 44.4 Å². The standard InChI is InChI=1S/C21H25ClF2N8O5S/c1-11(14(35-3)15-25-6-12(22)7-26-15)38(33,34)31-19-30-29-18(20(2)8-21(23,24)9-20)32(19)13-16(36-4)27-10-28-17(13)37-5/h6-7,10-11,14H,8-9H2,1-5H3,(H,30,31)/t11-,14-/m0/s1. The predicted octanol–water partition coefficient (Wildman–Crippen LogP) is 2.72. The lowest BCUT2D eigenvalue weighted by molar-refractivity contribution is -0.123. The Morgan fingerprint density at radius 3 is 2.13 bits per heavy atom. The zero-order valence-electron chi connectivity index (χ0n) is 21.0. The monoisotopic (exact) mass is 574 g/mol. The van der Waals surface area contributed by atoms with Crippen molar-refractivity contribution >= 4 is 27.6 Å². The third-order valence-electron chi connectivity index (χ3n) is 6.16. The third-order valence-corrected chi connectivity index (χ3v) is 8.05. The maximum Gasteiger partial charge on any atom is 0.250 e. The predicted molar refractivity (Wildman–Crippen MR) is 130 cm³/mol. The summed E-state index contributed by atoms with van der Waals surface area (Å²) in [5.41, 5.74) is -1.12. The summed E-state index contributed by atoms with van der Waals surface area (Å²) in [6, 6.07) is 0. The summed E-state index contributed by atoms with van der Waals surface area (Å²) >= 11 is 5.84. The van der Waals surface area contributed by atoms with Gasteiger partial charge in [0.25, 0.3) is 0 Å². The van der Waals surface area contributed by atoms with Gasteiger partial charge in [0.15, 0.2) is 11.5 Å². The van der Waals surface area contributed by atoms with E-state index in [1.54, 1.807) is 6.92 Å². The van der Waals surface area contributed by atoms with Crippen molar-refractivity contribution in [3.05, 3.63) is 35.4 Å². The van der Waals surface area contributed by atoms with Gasteiger partial charge in [-0.3, -0.25) is 9.29 Å². The van der Waals surface area contributed by atoms with Gasteiger partial charge in [-0.15, -0.1) is 10.2 Å². The minimum Gasteiger partial charge on any atom is -0.479 e. The molecule has 1 fully saturated rings. The highest BCUT2D eigenvalue weighted by atomic mass is 35.5. The van der Waals surface area contributed by atoms with E-state index in [1.165, 1.54) is 51.5 Å². The fourth-order valence-electron chi connectivity index (χ4n) is 4.40. The molecular weight excluding hydrogens is 550 g/mol. The number of sulfonamides is 1. The van der Waals surface area contributed by atoms with Crippen LogP contribution in [0, 0.1) is 0 Å². The molecule has 3 aromatic rings. The van der Waals surface area contributed by atoms with E-state index in [0.717, 1.165) is 0 Å². The molecule has 0 unspecified atom stereocenters. The normalized spacial score (nSPS) is 17.8. The van der Waals surface area contributed by atoms with Gasteiger partial charge in [-0.05, 0) is 6.92 Å². The van der Waals surface area contributed by atoms with Gasteiger partial charge in [0, 0.05) is 37.8 Å². The minimum atomic E-state index is -4.28. The number of anilines is 1. The molecule has 4 rings (SSSR count). The van der Waals surface area contributed by atoms with Crippen LogP contribution in [-0.4, -0.2) is 75.6 Å². The molecule has 0 amide bonds. The van der Waals surface area contributed by atoms with Crippen molar-refractivity contribution in [3.8, 4) is 17.4 Å². The van der Waals surface area contributed by atoms with E-state index >= 15 is 0 Å². The van der Waals surface area contributed by atoms with Crippen molar-refractivity contribution in [3.63, 3.8) is 0 Å². The molecule has 1 saturated carbocycles. The molecule has 3 aromatic heterocycles. The molecule has 0 bridgehead atoms. The lowest BCUT2D eigenvalue weighted by atomic mass is 9.67. The Balaban J connectivity index is 1.81. The van der Waals surface area contributed by atoms with Gasteiger partial charge in [-0.25, -0.2) is 27.2 Å². The number of alkyl halides is 2. The lowest BCUT2D eigenvalue weighted by Crippen LogP contribution is -2.48. The van der Waals surface area contributed by atoms with Crippen LogP contribution in [0.2, 0.25) is 5.02 Å². The second-order valence-electron chi connectivity index (χ2n) is 8.96. The average Bonchev–Trinajstić information content (AvgIpc) is 3.26. The molecule has 2 atom stereocenters. The second kappa shape index (κ2) is 10.1. The zero-order valence-corrected chi connectivity index (χ0v) is 22.6. The van der Waals surface area contributed by atoms with E-state index < -0.39 is 45.6 Å². The van der Waals surface area contributed by atoms with Gasteiger partial charge in [0.05, 0.1) is 19.2 Å². The number of aromatic nitrogens is 7. The molecule has 0 aliphatic heterocycles. The smallest absolute Gasteiger partial charge is 0.250 e. The molecule has 0 radical (unpaired) electrons. The summed E-state index contributed by atoms with van der Waals surface area (Å²) < 4.78 is 74.6. The first-order valence-corrected chi connectivity index (χ1v) is 13.1. The Morgan fingerprint density at radius 1 is 1.05 bits per heavy atom. The Morgan fingerprint density at radius 2 is 1.63 bits per heavy atom. The number of hydrogen-bond acceptors (Lipinski definition) is 11. The molecule has 1 N–H and O–H groups in total. The van der Waals surface area contributed by atoms with E-state index in [1.807, 2.05) is 0 Å². The highest BCUT2D eigenvalue weighted by molar-refractivity contribution is 7.93. The molecule has 0 saturated heterocycles. The Hall–Kier alpha value is -3.24. The van der Waals surface area contributed by atoms with Crippen molar-refractivity contribution in [2.45, 2.75) is 49.4 Å². The first-order chi connectivity index (χ1) is 17.9. The largest absolute Gasteiger partial charge is 0.479 e. The van der Waals surface area contributed by atoms with Crippen LogP contribution in [-0.2, 0) is 20.2 Å². The van der Waals surface area contributed by atoms with Crippen LogP contribution in [0.4, 0.5) is 14.7 Å². The second-order valence-corrected chi connectivity index (χ2v) is 11.4. The molecule has 13 nitrogen and oxygen atoms in total. The molecule has 1 aliphatic rings. The first-order valence-electron chi connectivity index (χ1n) is 11.1. The minimum absolute atomic E-state index is 0.0228. The Bertz CT molecular complexity index is 1390. The number of rotatable bonds is 10. The van der Waals surface area contributed by atoms with Gasteiger partial charge in [0.1, 0.15) is 23.5 Å². The average molecular weight is 575 g/mol. The molecule has 38 heavy (non-hydrogen) atoms. The molecule has 17 heteroatoms. The number of nitrogens with zero attached hydrogens (tertiary/aromatic N) is 7. The Labute approximate surface area is 222 Å². The molecule has 3 heterocycles. The number of hydrogen-bond donors (Lipinski definition) is 1. The van der Waals surface area contributed by atoms with Crippen LogP contribution in [0.25, 0.3) is 5.69 Å². The first kappa shape index (κ1) is 27.8. The number of ether oxygens (including phenoxy) is 3. The van der Waals surface area contributed by atoms with E-state index in [-0.39, 0.29) is 40.1 Å². The zero-order chi connectivity index (χ0) is 27.9. The Kier molecular flexibility index (Phi) is 7.42. The summed E-state index contributed by atoms with van der Waals surface area (Å²) in [5, 5.41) is 7.11. The van der Waals surface area contributed by atoms with Gasteiger partial charge < -0.3 is 14.2 Å². The van der Waals surface area contributed by atoms with Gasteiger partial charge >= 0.3 is 0 Å². The van der Waals surface area contributed by atoms with Gasteiger partial charge in [-0.2, -0.15) is 9.97 Å². The van der Waals surface area contributed by atoms with Crippen LogP contribution in [0.15, 0.2) is 18.7 Å². The molecule has 0 aromatic carbocycles. The fraction of sp³-hybridized carbons (Fsp3) is 0.524. The van der Waals surface area contributed by atoms with Crippen molar-refractivity contribution in [1.82, 2.24) is 34.7 Å². The molecule has 1 aliphatic carbocycles. The van der Waals surface area contributed by atoms with Gasteiger partial charge in [-0.1, -0.05) is 18.5 Å². The molecule has 0 spiro atoms.